The summed E-state index contributed by atoms with van der Waals surface area (Å²) in [6.45, 7) is 1.86. The predicted octanol–water partition coefficient (Wildman–Crippen LogP) is 0.959. The first-order chi connectivity index (χ1) is 4.22. The summed E-state index contributed by atoms with van der Waals surface area (Å²) in [6, 6.07) is 5.00. The summed E-state index contributed by atoms with van der Waals surface area (Å²) in [6.07, 6.45) is 0. The van der Waals surface area contributed by atoms with Gasteiger partial charge < -0.3 is 0 Å². The molecule has 0 saturated heterocycles. The lowest BCUT2D eigenvalue weighted by Gasteiger charge is -1.90. The van der Waals surface area contributed by atoms with E-state index in [1.54, 1.807) is 13.1 Å². The van der Waals surface area contributed by atoms with E-state index in [1.807, 2.05) is 13.0 Å². The predicted molar refractivity (Wildman–Crippen MR) is 32.3 cm³/mol. The molecule has 0 fully saturated rings. The number of aryl methyl sites for hydroxylation is 1. The van der Waals surface area contributed by atoms with E-state index in [0.717, 1.165) is 5.69 Å². The van der Waals surface area contributed by atoms with Gasteiger partial charge in [0.15, 0.2) is 5.69 Å². The van der Waals surface area contributed by atoms with Crippen molar-refractivity contribution in [3.05, 3.63) is 29.8 Å². The van der Waals surface area contributed by atoms with Crippen LogP contribution in [0.1, 0.15) is 5.69 Å². The van der Waals surface area contributed by atoms with E-state index in [9.17, 15) is 4.39 Å². The first-order valence-electron chi connectivity index (χ1n) is 2.83. The summed E-state index contributed by atoms with van der Waals surface area (Å²) in [5.74, 6) is -0.199. The third kappa shape index (κ3) is 1.07. The van der Waals surface area contributed by atoms with Crippen molar-refractivity contribution in [1.82, 2.24) is 0 Å². The molecule has 0 bridgehead atoms. The van der Waals surface area contributed by atoms with Crippen molar-refractivity contribution in [3.8, 4) is 0 Å². The molecule has 0 amide bonds. The van der Waals surface area contributed by atoms with Gasteiger partial charge in [-0.15, -0.1) is 4.39 Å². The quantitative estimate of drug-likeness (QED) is 0.360. The molecule has 0 aromatic carbocycles. The van der Waals surface area contributed by atoms with E-state index in [0.29, 0.717) is 0 Å². The van der Waals surface area contributed by atoms with Crippen LogP contribution < -0.4 is 4.57 Å². The van der Waals surface area contributed by atoms with Gasteiger partial charge in [-0.3, -0.25) is 0 Å². The minimum Gasteiger partial charge on any atom is -0.174 e. The number of hydrogen-bond acceptors (Lipinski definition) is 0. The Morgan fingerprint density at radius 3 is 2.56 bits per heavy atom. The maximum absolute atomic E-state index is 12.5. The van der Waals surface area contributed by atoms with Gasteiger partial charge in [0, 0.05) is 19.1 Å². The highest BCUT2D eigenvalue weighted by Crippen LogP contribution is 1.90. The van der Waals surface area contributed by atoms with Gasteiger partial charge in [-0.25, -0.2) is 0 Å². The van der Waals surface area contributed by atoms with Crippen LogP contribution >= 0.6 is 0 Å². The van der Waals surface area contributed by atoms with Crippen molar-refractivity contribution in [1.29, 1.82) is 0 Å². The summed E-state index contributed by atoms with van der Waals surface area (Å²) in [5, 5.41) is 0. The number of aromatic nitrogens is 1. The molecular weight excluding hydrogens is 117 g/mol. The van der Waals surface area contributed by atoms with Crippen LogP contribution in [-0.2, 0) is 7.05 Å². The topological polar surface area (TPSA) is 3.88 Å². The van der Waals surface area contributed by atoms with Crippen molar-refractivity contribution in [3.63, 3.8) is 0 Å². The molecule has 9 heavy (non-hydrogen) atoms. The SMILES string of the molecule is Cc1cccc(F)[n+]1C. The van der Waals surface area contributed by atoms with Gasteiger partial charge in [0.05, 0.1) is 0 Å². The minimum atomic E-state index is -0.199. The molecule has 1 aromatic heterocycles. The Labute approximate surface area is 53.8 Å². The fraction of sp³-hybridized carbons (Fsp3) is 0.286. The van der Waals surface area contributed by atoms with Crippen LogP contribution in [0.4, 0.5) is 4.39 Å². The van der Waals surface area contributed by atoms with Crippen molar-refractivity contribution in [2.45, 2.75) is 6.92 Å². The molecule has 0 aliphatic carbocycles. The van der Waals surface area contributed by atoms with Gasteiger partial charge in [-0.1, -0.05) is 0 Å². The molecule has 1 heterocycles. The Hall–Kier alpha value is -0.920. The third-order valence-electron chi connectivity index (χ3n) is 1.42. The first-order valence-corrected chi connectivity index (χ1v) is 2.83. The molecule has 1 aromatic rings. The van der Waals surface area contributed by atoms with Gasteiger partial charge in [-0.2, -0.15) is 4.57 Å². The molecule has 0 radical (unpaired) electrons. The van der Waals surface area contributed by atoms with Crippen molar-refractivity contribution >= 4 is 0 Å². The lowest BCUT2D eigenvalue weighted by Crippen LogP contribution is -2.35. The van der Waals surface area contributed by atoms with Gasteiger partial charge in [-0.05, 0) is 6.07 Å². The van der Waals surface area contributed by atoms with Crippen LogP contribution in [0.2, 0.25) is 0 Å². The number of pyridine rings is 1. The van der Waals surface area contributed by atoms with Gasteiger partial charge >= 0.3 is 5.95 Å². The second-order valence-electron chi connectivity index (χ2n) is 2.05. The van der Waals surface area contributed by atoms with E-state index in [4.69, 9.17) is 0 Å². The minimum absolute atomic E-state index is 0.199. The summed E-state index contributed by atoms with van der Waals surface area (Å²) < 4.78 is 14.0. The Kier molecular flexibility index (Phi) is 1.47. The number of rotatable bonds is 0. The Morgan fingerprint density at radius 2 is 2.11 bits per heavy atom. The molecule has 0 N–H and O–H groups in total. The fourth-order valence-corrected chi connectivity index (χ4v) is 0.659. The lowest BCUT2D eigenvalue weighted by molar-refractivity contribution is -0.705. The van der Waals surface area contributed by atoms with Crippen molar-refractivity contribution in [2.75, 3.05) is 0 Å². The molecule has 0 aliphatic rings. The van der Waals surface area contributed by atoms with E-state index in [2.05, 4.69) is 0 Å². The monoisotopic (exact) mass is 126 g/mol. The normalized spacial score (nSPS) is 9.67. The van der Waals surface area contributed by atoms with Gasteiger partial charge in [0.25, 0.3) is 0 Å². The smallest absolute Gasteiger partial charge is 0.174 e. The second kappa shape index (κ2) is 2.13. The molecule has 0 aliphatic heterocycles. The first kappa shape index (κ1) is 6.20. The summed E-state index contributed by atoms with van der Waals surface area (Å²) in [7, 11) is 1.70. The molecule has 0 spiro atoms. The zero-order valence-electron chi connectivity index (χ0n) is 5.56. The summed E-state index contributed by atoms with van der Waals surface area (Å²) >= 11 is 0. The molecular formula is C7H9FN+. The van der Waals surface area contributed by atoms with Crippen LogP contribution in [-0.4, -0.2) is 0 Å². The molecule has 0 saturated carbocycles. The second-order valence-corrected chi connectivity index (χ2v) is 2.05. The molecule has 1 nitrogen and oxygen atoms in total. The van der Waals surface area contributed by atoms with Crippen LogP contribution in [0.15, 0.2) is 18.2 Å². The fourth-order valence-electron chi connectivity index (χ4n) is 0.659. The van der Waals surface area contributed by atoms with Gasteiger partial charge in [0.2, 0.25) is 0 Å². The molecule has 0 unspecified atom stereocenters. The van der Waals surface area contributed by atoms with Crippen molar-refractivity contribution < 1.29 is 8.96 Å². The maximum atomic E-state index is 12.5. The number of halogens is 1. The lowest BCUT2D eigenvalue weighted by atomic mass is 10.4. The largest absolute Gasteiger partial charge is 0.359 e. The Balaban J connectivity index is 3.25. The molecule has 1 rings (SSSR count). The van der Waals surface area contributed by atoms with E-state index in [1.165, 1.54) is 10.6 Å². The average Bonchev–Trinajstić information content (AvgIpc) is 1.83. The standard InChI is InChI=1S/C7H9FN/c1-6-4-3-5-7(8)9(6)2/h3-5H,1-2H3/q+1. The summed E-state index contributed by atoms with van der Waals surface area (Å²) in [4.78, 5) is 0. The van der Waals surface area contributed by atoms with Crippen LogP contribution in [0.25, 0.3) is 0 Å². The maximum Gasteiger partial charge on any atom is 0.359 e. The molecule has 2 heteroatoms. The Morgan fingerprint density at radius 1 is 1.44 bits per heavy atom. The van der Waals surface area contributed by atoms with Crippen molar-refractivity contribution in [2.24, 2.45) is 7.05 Å². The zero-order chi connectivity index (χ0) is 6.85. The highest BCUT2D eigenvalue weighted by Gasteiger charge is 2.04. The van der Waals surface area contributed by atoms with Crippen LogP contribution in [0, 0.1) is 12.9 Å². The molecule has 48 valence electrons. The molecule has 0 atom stereocenters. The van der Waals surface area contributed by atoms with E-state index in [-0.39, 0.29) is 5.95 Å². The highest BCUT2D eigenvalue weighted by molar-refractivity contribution is 4.95. The van der Waals surface area contributed by atoms with E-state index < -0.39 is 0 Å². The zero-order valence-corrected chi connectivity index (χ0v) is 5.56. The number of hydrogen-bond donors (Lipinski definition) is 0. The van der Waals surface area contributed by atoms with Gasteiger partial charge in [0.1, 0.15) is 7.05 Å². The summed E-state index contributed by atoms with van der Waals surface area (Å²) in [5.41, 5.74) is 0.926. The Bertz CT molecular complexity index is 200. The van der Waals surface area contributed by atoms with E-state index >= 15 is 0 Å². The average molecular weight is 126 g/mol. The number of nitrogens with zero attached hydrogens (tertiary/aromatic N) is 1. The van der Waals surface area contributed by atoms with Crippen LogP contribution in [0.3, 0.4) is 0 Å². The third-order valence-corrected chi connectivity index (χ3v) is 1.42. The highest BCUT2D eigenvalue weighted by atomic mass is 19.1. The van der Waals surface area contributed by atoms with Crippen LogP contribution in [0.5, 0.6) is 0 Å².